The lowest BCUT2D eigenvalue weighted by Crippen LogP contribution is -2.46. The molecule has 0 unspecified atom stereocenters. The van der Waals surface area contributed by atoms with Gasteiger partial charge in [0.25, 0.3) is 5.91 Å². The fourth-order valence-corrected chi connectivity index (χ4v) is 3.90. The first-order valence-corrected chi connectivity index (χ1v) is 10.5. The molecule has 1 aliphatic rings. The highest BCUT2D eigenvalue weighted by atomic mass is 79.9. The Morgan fingerprint density at radius 2 is 1.93 bits per heavy atom. The van der Waals surface area contributed by atoms with E-state index in [1.165, 1.54) is 0 Å². The molecule has 160 valence electrons. The summed E-state index contributed by atoms with van der Waals surface area (Å²) in [5, 5.41) is 12.8. The molecule has 1 fully saturated rings. The second-order valence-electron chi connectivity index (χ2n) is 8.44. The van der Waals surface area contributed by atoms with Crippen LogP contribution in [0.25, 0.3) is 6.08 Å². The van der Waals surface area contributed by atoms with Crippen molar-refractivity contribution in [2.24, 2.45) is 11.3 Å². The molecule has 2 amide bonds. The number of nitrogens with one attached hydrogen (secondary N) is 2. The van der Waals surface area contributed by atoms with Crippen molar-refractivity contribution < 1.29 is 19.4 Å². The summed E-state index contributed by atoms with van der Waals surface area (Å²) in [4.78, 5) is 25.0. The Morgan fingerprint density at radius 3 is 2.48 bits per heavy atom. The number of hydrogen-bond acceptors (Lipinski definition) is 5. The van der Waals surface area contributed by atoms with Gasteiger partial charge in [-0.25, -0.2) is 10.6 Å². The van der Waals surface area contributed by atoms with Gasteiger partial charge in [0.1, 0.15) is 11.4 Å². The van der Waals surface area contributed by atoms with Crippen LogP contribution < -0.4 is 16.6 Å². The first-order valence-electron chi connectivity index (χ1n) is 9.75. The van der Waals surface area contributed by atoms with Crippen LogP contribution in [-0.2, 0) is 9.53 Å². The number of benzene rings is 1. The Kier molecular flexibility index (Phi) is 7.71. The molecule has 1 saturated carbocycles. The van der Waals surface area contributed by atoms with Crippen molar-refractivity contribution in [2.45, 2.75) is 58.5 Å². The van der Waals surface area contributed by atoms with Gasteiger partial charge in [-0.3, -0.25) is 10.2 Å². The molecule has 0 spiro atoms. The first-order chi connectivity index (χ1) is 13.6. The number of hydrazine groups is 1. The first kappa shape index (κ1) is 23.2. The number of carbonyl (C=O) groups excluding carboxylic acids is 2. The van der Waals surface area contributed by atoms with Crippen molar-refractivity contribution >= 4 is 34.0 Å². The van der Waals surface area contributed by atoms with Crippen LogP contribution in [0.1, 0.15) is 58.4 Å². The minimum atomic E-state index is -0.605. The molecule has 0 heterocycles. The maximum atomic E-state index is 12.7. The van der Waals surface area contributed by atoms with Gasteiger partial charge < -0.3 is 15.2 Å². The predicted molar refractivity (Wildman–Crippen MR) is 116 cm³/mol. The molecule has 0 atom stereocenters. The lowest BCUT2D eigenvalue weighted by molar-refractivity contribution is -0.118. The minimum Gasteiger partial charge on any atom is -0.507 e. The molecule has 1 aromatic rings. The number of alkyl carbamates (subject to hydrolysis) is 1. The highest BCUT2D eigenvalue weighted by Crippen LogP contribution is 2.43. The summed E-state index contributed by atoms with van der Waals surface area (Å²) in [5.41, 5.74) is 2.22. The maximum Gasteiger partial charge on any atom is 0.407 e. The van der Waals surface area contributed by atoms with E-state index in [1.807, 2.05) is 0 Å². The molecule has 0 aliphatic heterocycles. The number of aromatic hydroxyl groups is 1. The Morgan fingerprint density at radius 1 is 1.28 bits per heavy atom. The number of amides is 2. The number of rotatable bonds is 5. The summed E-state index contributed by atoms with van der Waals surface area (Å²) in [6, 6.07) is 5.09. The van der Waals surface area contributed by atoms with E-state index in [4.69, 9.17) is 10.6 Å². The summed E-state index contributed by atoms with van der Waals surface area (Å²) < 4.78 is 5.92. The third-order valence-electron chi connectivity index (χ3n) is 5.01. The number of phenols is 1. The van der Waals surface area contributed by atoms with E-state index in [2.05, 4.69) is 26.7 Å². The van der Waals surface area contributed by atoms with E-state index >= 15 is 0 Å². The molecule has 29 heavy (non-hydrogen) atoms. The Bertz CT molecular complexity index is 781. The van der Waals surface area contributed by atoms with Crippen LogP contribution in [0.3, 0.4) is 0 Å². The fraction of sp³-hybridized carbons (Fsp3) is 0.524. The Balaban J connectivity index is 2.38. The van der Waals surface area contributed by atoms with Crippen molar-refractivity contribution in [2.75, 3.05) is 6.54 Å². The number of phenolic OH excluding ortho intramolecular Hbond substituents is 1. The zero-order chi connectivity index (χ0) is 21.7. The van der Waals surface area contributed by atoms with Crippen molar-refractivity contribution in [3.05, 3.63) is 33.8 Å². The normalized spacial score (nSPS) is 16.8. The average Bonchev–Trinajstić information content (AvgIpc) is 2.66. The molecule has 7 nitrogen and oxygen atoms in total. The molecule has 8 heteroatoms. The summed E-state index contributed by atoms with van der Waals surface area (Å²) in [5.74, 6) is 5.15. The van der Waals surface area contributed by atoms with E-state index < -0.39 is 23.0 Å². The highest BCUT2D eigenvalue weighted by Gasteiger charge is 2.39. The Labute approximate surface area is 180 Å². The quantitative estimate of drug-likeness (QED) is 0.226. The van der Waals surface area contributed by atoms with Crippen LogP contribution in [0, 0.1) is 5.41 Å². The maximum absolute atomic E-state index is 12.7. The molecule has 0 saturated heterocycles. The van der Waals surface area contributed by atoms with Crippen LogP contribution in [-0.4, -0.2) is 29.3 Å². The van der Waals surface area contributed by atoms with Gasteiger partial charge in [0.05, 0.1) is 4.47 Å². The van der Waals surface area contributed by atoms with Gasteiger partial charge in [-0.15, -0.1) is 0 Å². The van der Waals surface area contributed by atoms with Gasteiger partial charge in [-0.05, 0) is 73.3 Å². The van der Waals surface area contributed by atoms with Gasteiger partial charge >= 0.3 is 6.09 Å². The molecule has 0 radical (unpaired) electrons. The van der Waals surface area contributed by atoms with E-state index in [0.29, 0.717) is 15.6 Å². The molecule has 1 aliphatic carbocycles. The summed E-state index contributed by atoms with van der Waals surface area (Å²) >= 11 is 3.26. The van der Waals surface area contributed by atoms with Crippen molar-refractivity contribution in [1.82, 2.24) is 10.7 Å². The van der Waals surface area contributed by atoms with Crippen molar-refractivity contribution in [3.63, 3.8) is 0 Å². The zero-order valence-corrected chi connectivity index (χ0v) is 18.8. The Hall–Kier alpha value is -2.06. The standard InChI is InChI=1S/C21H30BrN3O4/c1-20(2,3)29-19(28)24-13-21(9-5-4-6-10-21)15(18(27)25-23)11-14-7-8-16(22)17(26)12-14/h7-8,11-12,26H,4-6,9-10,13,23H2,1-3H3,(H,24,28)(H,25,27). The number of ether oxygens (including phenoxy) is 1. The van der Waals surface area contributed by atoms with Crippen molar-refractivity contribution in [3.8, 4) is 5.75 Å². The average molecular weight is 468 g/mol. The van der Waals surface area contributed by atoms with Crippen LogP contribution in [0.4, 0.5) is 4.79 Å². The van der Waals surface area contributed by atoms with Crippen LogP contribution in [0.15, 0.2) is 28.2 Å². The predicted octanol–water partition coefficient (Wildman–Crippen LogP) is 4.00. The van der Waals surface area contributed by atoms with E-state index in [0.717, 1.165) is 32.1 Å². The number of carbonyl (C=O) groups is 2. The summed E-state index contributed by atoms with van der Waals surface area (Å²) in [7, 11) is 0. The second kappa shape index (κ2) is 9.63. The van der Waals surface area contributed by atoms with Gasteiger partial charge in [-0.1, -0.05) is 25.3 Å². The zero-order valence-electron chi connectivity index (χ0n) is 17.2. The van der Waals surface area contributed by atoms with E-state index in [-0.39, 0.29) is 12.3 Å². The number of halogens is 1. The van der Waals surface area contributed by atoms with Gasteiger partial charge in [0, 0.05) is 17.5 Å². The molecule has 5 N–H and O–H groups in total. The highest BCUT2D eigenvalue weighted by molar-refractivity contribution is 9.10. The third kappa shape index (κ3) is 6.47. The van der Waals surface area contributed by atoms with Crippen LogP contribution >= 0.6 is 15.9 Å². The molecule has 0 bridgehead atoms. The SMILES string of the molecule is CC(C)(C)OC(=O)NCC1(C(=Cc2ccc(Br)c(O)c2)C(=O)NN)CCCCC1. The smallest absolute Gasteiger partial charge is 0.407 e. The molecule has 1 aromatic carbocycles. The lowest BCUT2D eigenvalue weighted by Gasteiger charge is -2.39. The van der Waals surface area contributed by atoms with E-state index in [9.17, 15) is 14.7 Å². The topological polar surface area (TPSA) is 114 Å². The lowest BCUT2D eigenvalue weighted by atomic mass is 9.68. The van der Waals surface area contributed by atoms with Crippen LogP contribution in [0.2, 0.25) is 0 Å². The third-order valence-corrected chi connectivity index (χ3v) is 5.68. The van der Waals surface area contributed by atoms with E-state index in [1.54, 1.807) is 45.0 Å². The number of nitrogens with two attached hydrogens (primary N) is 1. The van der Waals surface area contributed by atoms with Crippen LogP contribution in [0.5, 0.6) is 5.75 Å². The molecular weight excluding hydrogens is 438 g/mol. The molecular formula is C21H30BrN3O4. The number of hydrogen-bond donors (Lipinski definition) is 4. The van der Waals surface area contributed by atoms with Gasteiger partial charge in [0.15, 0.2) is 0 Å². The fourth-order valence-electron chi connectivity index (χ4n) is 3.65. The monoisotopic (exact) mass is 467 g/mol. The molecule has 0 aromatic heterocycles. The molecule has 2 rings (SSSR count). The second-order valence-corrected chi connectivity index (χ2v) is 9.29. The van der Waals surface area contributed by atoms with Gasteiger partial charge in [0.2, 0.25) is 0 Å². The van der Waals surface area contributed by atoms with Crippen molar-refractivity contribution in [1.29, 1.82) is 0 Å². The minimum absolute atomic E-state index is 0.0795. The largest absolute Gasteiger partial charge is 0.507 e. The summed E-state index contributed by atoms with van der Waals surface area (Å²) in [6.45, 7) is 5.67. The summed E-state index contributed by atoms with van der Waals surface area (Å²) in [6.07, 6.45) is 5.65. The van der Waals surface area contributed by atoms with Gasteiger partial charge in [-0.2, -0.15) is 0 Å².